The lowest BCUT2D eigenvalue weighted by Gasteiger charge is -2.42. The van der Waals surface area contributed by atoms with Crippen molar-refractivity contribution in [2.45, 2.75) is 19.3 Å². The fourth-order valence-electron chi connectivity index (χ4n) is 3.95. The van der Waals surface area contributed by atoms with Crippen molar-refractivity contribution in [2.24, 2.45) is 5.41 Å². The maximum absolute atomic E-state index is 13.0. The average Bonchev–Trinajstić information content (AvgIpc) is 3.39. The highest BCUT2D eigenvalue weighted by Crippen LogP contribution is 2.34. The largest absolute Gasteiger partial charge is 0.396 e. The number of hydrogen-bond donors (Lipinski definition) is 2. The molecule has 5 nitrogen and oxygen atoms in total. The highest BCUT2D eigenvalue weighted by atomic mass is 35.5. The molecule has 1 aromatic carbocycles. The van der Waals surface area contributed by atoms with Crippen molar-refractivity contribution in [1.82, 2.24) is 15.1 Å². The van der Waals surface area contributed by atoms with Crippen LogP contribution in [0.25, 0.3) is 11.3 Å². The molecule has 1 saturated heterocycles. The fraction of sp³-hybridized carbons (Fsp3) is 0.333. The van der Waals surface area contributed by atoms with Crippen LogP contribution in [-0.2, 0) is 6.42 Å². The van der Waals surface area contributed by atoms with Crippen molar-refractivity contribution in [3.63, 3.8) is 0 Å². The van der Waals surface area contributed by atoms with Crippen LogP contribution in [0, 0.1) is 5.41 Å². The number of H-pyrrole nitrogens is 1. The number of halogens is 1. The number of aliphatic hydroxyl groups is 1. The lowest BCUT2D eigenvalue weighted by Crippen LogP contribution is -2.49. The van der Waals surface area contributed by atoms with Gasteiger partial charge in [-0.2, -0.15) is 16.4 Å². The van der Waals surface area contributed by atoms with Gasteiger partial charge in [0.1, 0.15) is 5.69 Å². The third kappa shape index (κ3) is 3.99. The zero-order chi connectivity index (χ0) is 19.6. The Morgan fingerprint density at radius 2 is 2.25 bits per heavy atom. The predicted octanol–water partition coefficient (Wildman–Crippen LogP) is 4.25. The summed E-state index contributed by atoms with van der Waals surface area (Å²) in [5.41, 5.74) is 2.99. The van der Waals surface area contributed by atoms with E-state index in [0.717, 1.165) is 29.7 Å². The number of aromatic amines is 1. The molecule has 0 spiro atoms. The summed E-state index contributed by atoms with van der Waals surface area (Å²) in [6.45, 7) is 1.23. The van der Waals surface area contributed by atoms with E-state index in [1.165, 1.54) is 0 Å². The molecule has 7 heteroatoms. The topological polar surface area (TPSA) is 69.2 Å². The number of aliphatic hydroxyl groups excluding tert-OH is 1. The van der Waals surface area contributed by atoms with E-state index in [0.29, 0.717) is 30.2 Å². The molecule has 1 aliphatic heterocycles. The minimum atomic E-state index is -0.352. The first kappa shape index (κ1) is 19.2. The number of piperidine rings is 1. The van der Waals surface area contributed by atoms with Gasteiger partial charge >= 0.3 is 0 Å². The van der Waals surface area contributed by atoms with E-state index in [4.69, 9.17) is 11.6 Å². The highest BCUT2D eigenvalue weighted by molar-refractivity contribution is 7.08. The van der Waals surface area contributed by atoms with Crippen LogP contribution in [0.4, 0.5) is 0 Å². The van der Waals surface area contributed by atoms with Gasteiger partial charge in [-0.25, -0.2) is 0 Å². The zero-order valence-corrected chi connectivity index (χ0v) is 17.0. The molecule has 0 aliphatic carbocycles. The van der Waals surface area contributed by atoms with Crippen molar-refractivity contribution in [2.75, 3.05) is 19.7 Å². The number of amides is 1. The zero-order valence-electron chi connectivity index (χ0n) is 15.4. The number of aromatic nitrogens is 2. The van der Waals surface area contributed by atoms with Gasteiger partial charge in [-0.1, -0.05) is 23.7 Å². The normalized spacial score (nSPS) is 19.7. The predicted molar refractivity (Wildman–Crippen MR) is 112 cm³/mol. The monoisotopic (exact) mass is 415 g/mol. The van der Waals surface area contributed by atoms with Crippen molar-refractivity contribution in [3.8, 4) is 11.3 Å². The van der Waals surface area contributed by atoms with Crippen molar-refractivity contribution >= 4 is 28.8 Å². The van der Waals surface area contributed by atoms with Gasteiger partial charge in [0, 0.05) is 34.5 Å². The van der Waals surface area contributed by atoms with Gasteiger partial charge in [0.15, 0.2) is 0 Å². The van der Waals surface area contributed by atoms with Crippen LogP contribution in [0.1, 0.15) is 28.9 Å². The molecule has 2 aromatic heterocycles. The quantitative estimate of drug-likeness (QED) is 0.654. The number of nitrogens with zero attached hydrogens (tertiary/aromatic N) is 2. The van der Waals surface area contributed by atoms with Gasteiger partial charge < -0.3 is 10.0 Å². The van der Waals surface area contributed by atoms with Gasteiger partial charge in [-0.15, -0.1) is 0 Å². The Labute approximate surface area is 173 Å². The van der Waals surface area contributed by atoms with E-state index in [2.05, 4.69) is 10.2 Å². The summed E-state index contributed by atoms with van der Waals surface area (Å²) in [6, 6.07) is 11.5. The Kier molecular flexibility index (Phi) is 5.53. The van der Waals surface area contributed by atoms with E-state index >= 15 is 0 Å². The Balaban J connectivity index is 1.51. The first-order valence-corrected chi connectivity index (χ1v) is 10.6. The van der Waals surface area contributed by atoms with Crippen molar-refractivity contribution in [1.29, 1.82) is 0 Å². The Hall–Kier alpha value is -2.15. The molecule has 4 rings (SSSR count). The minimum absolute atomic E-state index is 0.0342. The van der Waals surface area contributed by atoms with Crippen LogP contribution in [-0.4, -0.2) is 45.8 Å². The molecule has 3 aromatic rings. The Bertz CT molecular complexity index is 956. The second kappa shape index (κ2) is 8.07. The molecule has 2 N–H and O–H groups in total. The summed E-state index contributed by atoms with van der Waals surface area (Å²) < 4.78 is 0. The lowest BCUT2D eigenvalue weighted by molar-refractivity contribution is 0.0268. The molecular weight excluding hydrogens is 394 g/mol. The van der Waals surface area contributed by atoms with Crippen molar-refractivity contribution in [3.05, 3.63) is 63.4 Å². The maximum atomic E-state index is 13.0. The third-order valence-corrected chi connectivity index (χ3v) is 6.30. The number of rotatable bonds is 5. The van der Waals surface area contributed by atoms with Gasteiger partial charge in [0.2, 0.25) is 0 Å². The molecule has 0 bridgehead atoms. The van der Waals surface area contributed by atoms with Crippen molar-refractivity contribution < 1.29 is 9.90 Å². The number of thiophene rings is 1. The van der Waals surface area contributed by atoms with Gasteiger partial charge in [0.05, 0.1) is 12.3 Å². The summed E-state index contributed by atoms with van der Waals surface area (Å²) >= 11 is 7.72. The van der Waals surface area contributed by atoms with Crippen LogP contribution in [0.15, 0.2) is 47.2 Å². The number of benzene rings is 1. The van der Waals surface area contributed by atoms with Gasteiger partial charge in [-0.05, 0) is 54.5 Å². The summed E-state index contributed by atoms with van der Waals surface area (Å²) in [7, 11) is 0. The molecule has 1 fully saturated rings. The molecule has 146 valence electrons. The minimum Gasteiger partial charge on any atom is -0.396 e. The Morgan fingerprint density at radius 3 is 3.00 bits per heavy atom. The van der Waals surface area contributed by atoms with E-state index < -0.39 is 0 Å². The molecule has 0 radical (unpaired) electrons. The SMILES string of the molecule is O=C(c1cc(-c2ccsc2)n[nH]1)N1CCC[C@@](CO)(Cc2cccc(Cl)c2)C1. The second-order valence-electron chi connectivity index (χ2n) is 7.47. The summed E-state index contributed by atoms with van der Waals surface area (Å²) in [6.07, 6.45) is 2.43. The van der Waals surface area contributed by atoms with Crippen LogP contribution >= 0.6 is 22.9 Å². The van der Waals surface area contributed by atoms with E-state index in [-0.39, 0.29) is 17.9 Å². The molecule has 3 heterocycles. The van der Waals surface area contributed by atoms with Gasteiger partial charge in [-0.3, -0.25) is 9.89 Å². The number of carbonyl (C=O) groups is 1. The van der Waals surface area contributed by atoms with E-state index in [1.807, 2.05) is 46.0 Å². The van der Waals surface area contributed by atoms with Crippen LogP contribution in [0.3, 0.4) is 0 Å². The van der Waals surface area contributed by atoms with Gasteiger partial charge in [0.25, 0.3) is 5.91 Å². The maximum Gasteiger partial charge on any atom is 0.271 e. The third-order valence-electron chi connectivity index (χ3n) is 5.38. The number of nitrogens with one attached hydrogen (secondary N) is 1. The molecule has 1 amide bonds. The number of likely N-dealkylation sites (tertiary alicyclic amines) is 1. The molecule has 1 atom stereocenters. The summed E-state index contributed by atoms with van der Waals surface area (Å²) in [4.78, 5) is 14.9. The second-order valence-corrected chi connectivity index (χ2v) is 8.69. The molecule has 28 heavy (non-hydrogen) atoms. The smallest absolute Gasteiger partial charge is 0.271 e. The molecular formula is C21H22ClN3O2S. The number of carbonyl (C=O) groups excluding carboxylic acids is 1. The first-order chi connectivity index (χ1) is 13.6. The molecule has 0 saturated carbocycles. The van der Waals surface area contributed by atoms with Crippen LogP contribution < -0.4 is 0 Å². The molecule has 0 unspecified atom stereocenters. The van der Waals surface area contributed by atoms with E-state index in [9.17, 15) is 9.90 Å². The average molecular weight is 416 g/mol. The lowest BCUT2D eigenvalue weighted by atomic mass is 9.75. The van der Waals surface area contributed by atoms with E-state index in [1.54, 1.807) is 17.4 Å². The fourth-order valence-corrected chi connectivity index (χ4v) is 4.81. The first-order valence-electron chi connectivity index (χ1n) is 9.31. The van der Waals surface area contributed by atoms with Crippen LogP contribution in [0.2, 0.25) is 5.02 Å². The number of hydrogen-bond acceptors (Lipinski definition) is 4. The summed E-state index contributed by atoms with van der Waals surface area (Å²) in [5.74, 6) is -0.0717. The molecule has 1 aliphatic rings. The highest BCUT2D eigenvalue weighted by Gasteiger charge is 2.37. The summed E-state index contributed by atoms with van der Waals surface area (Å²) in [5, 5.41) is 22.0. The standard InChI is InChI=1S/C21H22ClN3O2S/c22-17-4-1-3-15(9-17)11-21(14-26)6-2-7-25(13-21)20(27)19-10-18(23-24-19)16-5-8-28-12-16/h1,3-5,8-10,12,26H,2,6-7,11,13-14H2,(H,23,24)/t21-/m1/s1. The van der Waals surface area contributed by atoms with Crippen LogP contribution in [0.5, 0.6) is 0 Å². The Morgan fingerprint density at radius 1 is 1.36 bits per heavy atom.